The third kappa shape index (κ3) is 4.02. The summed E-state index contributed by atoms with van der Waals surface area (Å²) in [6.07, 6.45) is 3.66. The van der Waals surface area contributed by atoms with Crippen molar-refractivity contribution in [1.29, 1.82) is 0 Å². The first kappa shape index (κ1) is 27.5. The molecular formula is C44H27N5. The Hall–Kier alpha value is -6.59. The maximum atomic E-state index is 4.97. The van der Waals surface area contributed by atoms with Crippen molar-refractivity contribution in [2.75, 3.05) is 0 Å². The molecule has 2 heterocycles. The van der Waals surface area contributed by atoms with Gasteiger partial charge in [-0.2, -0.15) is 0 Å². The van der Waals surface area contributed by atoms with Crippen LogP contribution in [0.5, 0.6) is 0 Å². The predicted molar refractivity (Wildman–Crippen MR) is 193 cm³/mol. The normalized spacial score (nSPS) is 13.1. The fourth-order valence-electron chi connectivity index (χ4n) is 7.85. The molecule has 1 spiro atoms. The molecule has 0 amide bonds. The summed E-state index contributed by atoms with van der Waals surface area (Å²) < 4.78 is 0. The first-order chi connectivity index (χ1) is 24.3. The SMILES string of the molecule is c1ccc(-c2nc(-c3ccccc3)nc(-c3cnc(-c4cccc5c4-c4ccccc4C54c5ccccc5-c5ccccc54)nc3)n2)cc1. The average Bonchev–Trinajstić information content (AvgIpc) is 3.66. The van der Waals surface area contributed by atoms with Crippen LogP contribution in [0.3, 0.4) is 0 Å². The van der Waals surface area contributed by atoms with Gasteiger partial charge in [0.1, 0.15) is 0 Å². The van der Waals surface area contributed by atoms with E-state index in [0.717, 1.165) is 22.3 Å². The van der Waals surface area contributed by atoms with E-state index in [2.05, 4.69) is 91.0 Å². The standard InChI is InChI=1S/C44H27N5/c1-3-14-28(15-4-1)40-47-41(29-16-5-2-6-17-29)49-42(48-40)30-26-45-43(46-27-30)34-21-13-25-38-39(34)33-20-9-12-24-37(33)44(38)35-22-10-7-18-31(35)32-19-8-11-23-36(32)44/h1-27H. The van der Waals surface area contributed by atoms with Gasteiger partial charge in [0.2, 0.25) is 0 Å². The maximum Gasteiger partial charge on any atom is 0.167 e. The van der Waals surface area contributed by atoms with Gasteiger partial charge in [0.25, 0.3) is 0 Å². The first-order valence-corrected chi connectivity index (χ1v) is 16.4. The Morgan fingerprint density at radius 2 is 0.714 bits per heavy atom. The average molecular weight is 626 g/mol. The van der Waals surface area contributed by atoms with Crippen LogP contribution in [-0.4, -0.2) is 24.9 Å². The molecule has 0 unspecified atom stereocenters. The Bertz CT molecular complexity index is 2440. The summed E-state index contributed by atoms with van der Waals surface area (Å²) in [5, 5.41) is 0. The molecule has 6 aromatic carbocycles. The number of hydrogen-bond donors (Lipinski definition) is 0. The van der Waals surface area contributed by atoms with Crippen molar-refractivity contribution in [1.82, 2.24) is 24.9 Å². The van der Waals surface area contributed by atoms with E-state index in [1.807, 2.05) is 73.1 Å². The van der Waals surface area contributed by atoms with Gasteiger partial charge in [-0.1, -0.05) is 152 Å². The molecule has 0 saturated heterocycles. The summed E-state index contributed by atoms with van der Waals surface area (Å²) in [6.45, 7) is 0. The number of rotatable bonds is 4. The topological polar surface area (TPSA) is 64.5 Å². The second-order valence-corrected chi connectivity index (χ2v) is 12.4. The van der Waals surface area contributed by atoms with Crippen molar-refractivity contribution in [3.8, 4) is 67.8 Å². The smallest absolute Gasteiger partial charge is 0.167 e. The number of hydrogen-bond acceptors (Lipinski definition) is 5. The lowest BCUT2D eigenvalue weighted by molar-refractivity contribution is 0.794. The van der Waals surface area contributed by atoms with E-state index < -0.39 is 5.41 Å². The molecule has 5 nitrogen and oxygen atoms in total. The molecule has 228 valence electrons. The van der Waals surface area contributed by atoms with E-state index in [0.29, 0.717) is 23.3 Å². The van der Waals surface area contributed by atoms with Crippen LogP contribution in [0.1, 0.15) is 22.3 Å². The molecule has 2 aliphatic carbocycles. The summed E-state index contributed by atoms with van der Waals surface area (Å²) in [5.41, 5.74) is 13.3. The lowest BCUT2D eigenvalue weighted by Gasteiger charge is -2.30. The minimum atomic E-state index is -0.415. The highest BCUT2D eigenvalue weighted by molar-refractivity contribution is 5.99. The molecule has 2 aliphatic rings. The molecular weight excluding hydrogens is 599 g/mol. The van der Waals surface area contributed by atoms with E-state index >= 15 is 0 Å². The van der Waals surface area contributed by atoms with Gasteiger partial charge in [-0.15, -0.1) is 0 Å². The van der Waals surface area contributed by atoms with Crippen LogP contribution in [0.2, 0.25) is 0 Å². The quantitative estimate of drug-likeness (QED) is 0.195. The fourth-order valence-corrected chi connectivity index (χ4v) is 7.85. The summed E-state index contributed by atoms with van der Waals surface area (Å²) in [5.74, 6) is 2.40. The van der Waals surface area contributed by atoms with Crippen LogP contribution in [0.25, 0.3) is 67.8 Å². The number of aromatic nitrogens is 5. The Morgan fingerprint density at radius 3 is 1.27 bits per heavy atom. The maximum absolute atomic E-state index is 4.97. The van der Waals surface area contributed by atoms with Crippen LogP contribution in [-0.2, 0) is 5.41 Å². The summed E-state index contributed by atoms with van der Waals surface area (Å²) in [4.78, 5) is 24.5. The van der Waals surface area contributed by atoms with Crippen LogP contribution >= 0.6 is 0 Å². The molecule has 2 aromatic heterocycles. The van der Waals surface area contributed by atoms with Crippen molar-refractivity contribution in [3.05, 3.63) is 186 Å². The van der Waals surface area contributed by atoms with Gasteiger partial charge in [0, 0.05) is 29.1 Å². The minimum absolute atomic E-state index is 0.415. The molecule has 49 heavy (non-hydrogen) atoms. The summed E-state index contributed by atoms with van der Waals surface area (Å²) in [7, 11) is 0. The molecule has 0 aliphatic heterocycles. The Balaban J connectivity index is 1.13. The van der Waals surface area contributed by atoms with Crippen molar-refractivity contribution in [3.63, 3.8) is 0 Å². The Morgan fingerprint density at radius 1 is 0.306 bits per heavy atom. The lowest BCUT2D eigenvalue weighted by Crippen LogP contribution is -2.25. The van der Waals surface area contributed by atoms with Gasteiger partial charge in [-0.05, 0) is 44.5 Å². The molecule has 0 N–H and O–H groups in total. The van der Waals surface area contributed by atoms with Crippen molar-refractivity contribution < 1.29 is 0 Å². The van der Waals surface area contributed by atoms with E-state index in [-0.39, 0.29) is 0 Å². The third-order valence-corrected chi connectivity index (χ3v) is 9.87. The van der Waals surface area contributed by atoms with Crippen LogP contribution in [0.4, 0.5) is 0 Å². The highest BCUT2D eigenvalue weighted by Gasteiger charge is 2.52. The molecule has 0 bridgehead atoms. The van der Waals surface area contributed by atoms with Gasteiger partial charge < -0.3 is 0 Å². The predicted octanol–water partition coefficient (Wildman–Crippen LogP) is 9.67. The van der Waals surface area contributed by atoms with Crippen LogP contribution in [0.15, 0.2) is 164 Å². The van der Waals surface area contributed by atoms with Crippen molar-refractivity contribution >= 4 is 0 Å². The molecule has 8 aromatic rings. The van der Waals surface area contributed by atoms with E-state index in [9.17, 15) is 0 Å². The van der Waals surface area contributed by atoms with Gasteiger partial charge in [-0.3, -0.25) is 0 Å². The fraction of sp³-hybridized carbons (Fsp3) is 0.0227. The monoisotopic (exact) mass is 625 g/mol. The molecule has 0 radical (unpaired) electrons. The highest BCUT2D eigenvalue weighted by Crippen LogP contribution is 2.63. The lowest BCUT2D eigenvalue weighted by atomic mass is 9.70. The van der Waals surface area contributed by atoms with Crippen LogP contribution < -0.4 is 0 Å². The van der Waals surface area contributed by atoms with E-state index in [4.69, 9.17) is 24.9 Å². The van der Waals surface area contributed by atoms with Gasteiger partial charge in [0.15, 0.2) is 23.3 Å². The van der Waals surface area contributed by atoms with Gasteiger partial charge >= 0.3 is 0 Å². The number of fused-ring (bicyclic) bond motifs is 10. The van der Waals surface area contributed by atoms with Crippen molar-refractivity contribution in [2.24, 2.45) is 0 Å². The Labute approximate surface area is 283 Å². The Kier molecular flexibility index (Phi) is 6.02. The molecule has 0 fully saturated rings. The van der Waals surface area contributed by atoms with Crippen LogP contribution in [0, 0.1) is 0 Å². The zero-order valence-electron chi connectivity index (χ0n) is 26.3. The number of nitrogens with zero attached hydrogens (tertiary/aromatic N) is 5. The molecule has 10 rings (SSSR count). The summed E-state index contributed by atoms with van der Waals surface area (Å²) >= 11 is 0. The van der Waals surface area contributed by atoms with E-state index in [1.165, 1.54) is 44.5 Å². The number of benzene rings is 6. The second-order valence-electron chi connectivity index (χ2n) is 12.4. The molecule has 0 atom stereocenters. The van der Waals surface area contributed by atoms with Gasteiger partial charge in [-0.25, -0.2) is 24.9 Å². The second kappa shape index (κ2) is 10.7. The van der Waals surface area contributed by atoms with E-state index in [1.54, 1.807) is 0 Å². The zero-order chi connectivity index (χ0) is 32.4. The third-order valence-electron chi connectivity index (χ3n) is 9.87. The largest absolute Gasteiger partial charge is 0.236 e. The van der Waals surface area contributed by atoms with Crippen molar-refractivity contribution in [2.45, 2.75) is 5.41 Å². The minimum Gasteiger partial charge on any atom is -0.236 e. The first-order valence-electron chi connectivity index (χ1n) is 16.4. The highest BCUT2D eigenvalue weighted by atomic mass is 15.0. The molecule has 5 heteroatoms. The summed E-state index contributed by atoms with van der Waals surface area (Å²) in [6, 6.07) is 53.0. The zero-order valence-corrected chi connectivity index (χ0v) is 26.3. The molecule has 0 saturated carbocycles. The van der Waals surface area contributed by atoms with Gasteiger partial charge in [0.05, 0.1) is 11.0 Å².